The molecule has 0 spiro atoms. The number of sulfonamides is 1. The summed E-state index contributed by atoms with van der Waals surface area (Å²) in [6.45, 7) is 3.34. The van der Waals surface area contributed by atoms with E-state index in [0.717, 1.165) is 18.2 Å². The third-order valence-electron chi connectivity index (χ3n) is 4.33. The van der Waals surface area contributed by atoms with Crippen molar-refractivity contribution in [3.63, 3.8) is 0 Å². The van der Waals surface area contributed by atoms with Gasteiger partial charge in [0.1, 0.15) is 5.75 Å². The average Bonchev–Trinajstić information content (AvgIpc) is 3.05. The van der Waals surface area contributed by atoms with E-state index in [9.17, 15) is 8.42 Å². The van der Waals surface area contributed by atoms with Crippen LogP contribution in [0.5, 0.6) is 5.75 Å². The maximum absolute atomic E-state index is 13.1. The van der Waals surface area contributed by atoms with Gasteiger partial charge in [-0.3, -0.25) is 0 Å². The Morgan fingerprint density at radius 1 is 1.21 bits per heavy atom. The molecule has 132 valence electrons. The van der Waals surface area contributed by atoms with Crippen LogP contribution in [0.3, 0.4) is 0 Å². The van der Waals surface area contributed by atoms with Gasteiger partial charge in [-0.25, -0.2) is 8.42 Å². The van der Waals surface area contributed by atoms with E-state index in [0.29, 0.717) is 35.7 Å². The Labute approximate surface area is 149 Å². The summed E-state index contributed by atoms with van der Waals surface area (Å²) in [4.78, 5) is 0.330. The second-order valence-corrected chi connectivity index (χ2v) is 7.55. The van der Waals surface area contributed by atoms with E-state index in [2.05, 4.69) is 0 Å². The number of ether oxygens (including phenoxy) is 1. The maximum atomic E-state index is 13.1. The highest BCUT2D eigenvalue weighted by Gasteiger charge is 2.35. The summed E-state index contributed by atoms with van der Waals surface area (Å²) in [5.74, 6) is 0.707. The van der Waals surface area contributed by atoms with Gasteiger partial charge in [-0.05, 0) is 31.9 Å². The lowest BCUT2D eigenvalue weighted by Gasteiger charge is -2.24. The molecule has 0 radical (unpaired) electrons. The molecular formula is C17H23ClN2O3S. The summed E-state index contributed by atoms with van der Waals surface area (Å²) in [5, 5.41) is 1.51. The fraction of sp³-hybridized carbons (Fsp3) is 0.412. The Hall–Kier alpha value is -1.34. The van der Waals surface area contributed by atoms with Gasteiger partial charge in [0.05, 0.1) is 11.5 Å². The summed E-state index contributed by atoms with van der Waals surface area (Å²) in [5.41, 5.74) is 5.75. The van der Waals surface area contributed by atoms with Gasteiger partial charge in [0.15, 0.2) is 0 Å². The fourth-order valence-electron chi connectivity index (χ4n) is 3.24. The predicted molar refractivity (Wildman–Crippen MR) is 98.3 cm³/mol. The van der Waals surface area contributed by atoms with Gasteiger partial charge in [0, 0.05) is 29.9 Å². The van der Waals surface area contributed by atoms with E-state index in [1.807, 2.05) is 31.2 Å². The molecule has 0 aromatic heterocycles. The quantitative estimate of drug-likeness (QED) is 0.878. The van der Waals surface area contributed by atoms with E-state index in [-0.39, 0.29) is 18.4 Å². The SMILES string of the molecule is CCOc1ccc(S(=O)(=O)N2CCCC2CN)c2ccccc12.Cl. The molecule has 1 heterocycles. The second kappa shape index (κ2) is 7.70. The zero-order valence-corrected chi connectivity index (χ0v) is 15.3. The molecule has 1 aliphatic heterocycles. The topological polar surface area (TPSA) is 72.6 Å². The van der Waals surface area contributed by atoms with Crippen molar-refractivity contribution in [2.45, 2.75) is 30.7 Å². The third kappa shape index (κ3) is 3.24. The number of nitrogens with zero attached hydrogens (tertiary/aromatic N) is 1. The monoisotopic (exact) mass is 370 g/mol. The molecule has 24 heavy (non-hydrogen) atoms. The first kappa shape index (κ1) is 19.0. The first-order chi connectivity index (χ1) is 11.1. The minimum atomic E-state index is -3.56. The maximum Gasteiger partial charge on any atom is 0.243 e. The lowest BCUT2D eigenvalue weighted by molar-refractivity contribution is 0.344. The highest BCUT2D eigenvalue weighted by molar-refractivity contribution is 7.89. The van der Waals surface area contributed by atoms with Crippen molar-refractivity contribution in [2.24, 2.45) is 5.73 Å². The summed E-state index contributed by atoms with van der Waals surface area (Å²) in [6.07, 6.45) is 1.68. The minimum Gasteiger partial charge on any atom is -0.493 e. The van der Waals surface area contributed by atoms with E-state index >= 15 is 0 Å². The number of hydrogen-bond donors (Lipinski definition) is 1. The molecule has 0 amide bonds. The van der Waals surface area contributed by atoms with Crippen LogP contribution in [0, 0.1) is 0 Å². The Kier molecular flexibility index (Phi) is 6.09. The summed E-state index contributed by atoms with van der Waals surface area (Å²) in [6, 6.07) is 10.7. The van der Waals surface area contributed by atoms with Gasteiger partial charge in [-0.1, -0.05) is 24.3 Å². The number of hydrogen-bond acceptors (Lipinski definition) is 4. The zero-order chi connectivity index (χ0) is 16.4. The van der Waals surface area contributed by atoms with Crippen LogP contribution < -0.4 is 10.5 Å². The fourth-order valence-corrected chi connectivity index (χ4v) is 5.14. The van der Waals surface area contributed by atoms with Crippen LogP contribution in [0.15, 0.2) is 41.3 Å². The zero-order valence-electron chi connectivity index (χ0n) is 13.6. The molecule has 2 aromatic carbocycles. The molecule has 0 saturated carbocycles. The largest absolute Gasteiger partial charge is 0.493 e. The molecule has 5 nitrogen and oxygen atoms in total. The van der Waals surface area contributed by atoms with Crippen molar-refractivity contribution >= 4 is 33.2 Å². The van der Waals surface area contributed by atoms with Gasteiger partial charge in [0.2, 0.25) is 10.0 Å². The van der Waals surface area contributed by atoms with E-state index in [4.69, 9.17) is 10.5 Å². The van der Waals surface area contributed by atoms with E-state index in [1.54, 1.807) is 16.4 Å². The van der Waals surface area contributed by atoms with Crippen LogP contribution in [0.25, 0.3) is 10.8 Å². The predicted octanol–water partition coefficient (Wildman–Crippen LogP) is 2.77. The lowest BCUT2D eigenvalue weighted by Crippen LogP contribution is -2.39. The van der Waals surface area contributed by atoms with Crippen LogP contribution in [0.2, 0.25) is 0 Å². The molecule has 1 aliphatic rings. The molecule has 2 aromatic rings. The Morgan fingerprint density at radius 2 is 1.92 bits per heavy atom. The lowest BCUT2D eigenvalue weighted by atomic mass is 10.1. The molecule has 7 heteroatoms. The molecule has 3 rings (SSSR count). The van der Waals surface area contributed by atoms with Gasteiger partial charge in [-0.2, -0.15) is 4.31 Å². The van der Waals surface area contributed by atoms with Crippen molar-refractivity contribution in [3.8, 4) is 5.75 Å². The molecular weight excluding hydrogens is 348 g/mol. The summed E-state index contributed by atoms with van der Waals surface area (Å²) < 4.78 is 33.4. The Morgan fingerprint density at radius 3 is 2.58 bits per heavy atom. The molecule has 0 bridgehead atoms. The first-order valence-electron chi connectivity index (χ1n) is 7.96. The summed E-state index contributed by atoms with van der Waals surface area (Å²) in [7, 11) is -3.56. The van der Waals surface area contributed by atoms with Gasteiger partial charge in [-0.15, -0.1) is 12.4 Å². The molecule has 1 atom stereocenters. The normalized spacial score (nSPS) is 18.5. The minimum absolute atomic E-state index is 0. The number of nitrogens with two attached hydrogens (primary N) is 1. The van der Waals surface area contributed by atoms with Gasteiger partial charge >= 0.3 is 0 Å². The van der Waals surface area contributed by atoms with Crippen molar-refractivity contribution in [1.82, 2.24) is 4.31 Å². The molecule has 1 fully saturated rings. The number of halogens is 1. The molecule has 0 aliphatic carbocycles. The van der Waals surface area contributed by atoms with Crippen LogP contribution in [0.4, 0.5) is 0 Å². The van der Waals surface area contributed by atoms with Crippen molar-refractivity contribution < 1.29 is 13.2 Å². The third-order valence-corrected chi connectivity index (χ3v) is 6.34. The highest BCUT2D eigenvalue weighted by Crippen LogP contribution is 2.34. The van der Waals surface area contributed by atoms with Crippen LogP contribution in [0.1, 0.15) is 19.8 Å². The number of rotatable bonds is 5. The Bertz CT molecular complexity index is 811. The van der Waals surface area contributed by atoms with E-state index < -0.39 is 10.0 Å². The van der Waals surface area contributed by atoms with Crippen LogP contribution in [-0.2, 0) is 10.0 Å². The highest BCUT2D eigenvalue weighted by atomic mass is 35.5. The van der Waals surface area contributed by atoms with Crippen molar-refractivity contribution in [1.29, 1.82) is 0 Å². The van der Waals surface area contributed by atoms with Gasteiger partial charge in [0.25, 0.3) is 0 Å². The summed E-state index contributed by atoms with van der Waals surface area (Å²) >= 11 is 0. The van der Waals surface area contributed by atoms with Crippen molar-refractivity contribution in [2.75, 3.05) is 19.7 Å². The molecule has 1 saturated heterocycles. The number of benzene rings is 2. The number of fused-ring (bicyclic) bond motifs is 1. The van der Waals surface area contributed by atoms with Crippen LogP contribution in [-0.4, -0.2) is 38.5 Å². The van der Waals surface area contributed by atoms with Crippen LogP contribution >= 0.6 is 12.4 Å². The molecule has 1 unspecified atom stereocenters. The Balaban J connectivity index is 0.00000208. The van der Waals surface area contributed by atoms with Gasteiger partial charge < -0.3 is 10.5 Å². The average molecular weight is 371 g/mol. The van der Waals surface area contributed by atoms with Crippen molar-refractivity contribution in [3.05, 3.63) is 36.4 Å². The second-order valence-electron chi connectivity index (χ2n) is 5.69. The first-order valence-corrected chi connectivity index (χ1v) is 9.40. The standard InChI is InChI=1S/C17H22N2O3S.ClH/c1-2-22-16-9-10-17(15-8-4-3-7-14(15)16)23(20,21)19-11-5-6-13(19)12-18;/h3-4,7-10,13H,2,5-6,11-12,18H2,1H3;1H. The van der Waals surface area contributed by atoms with E-state index in [1.165, 1.54) is 0 Å². The molecule has 2 N–H and O–H groups in total. The smallest absolute Gasteiger partial charge is 0.243 e.